The molecule has 0 N–H and O–H groups in total. The van der Waals surface area contributed by atoms with Gasteiger partial charge < -0.3 is 0 Å². The second-order valence-electron chi connectivity index (χ2n) is 5.81. The van der Waals surface area contributed by atoms with Gasteiger partial charge in [0, 0.05) is 10.9 Å². The van der Waals surface area contributed by atoms with E-state index in [1.165, 1.54) is 35.1 Å². The van der Waals surface area contributed by atoms with E-state index in [2.05, 4.69) is 50.2 Å². The molecule has 0 saturated heterocycles. The Balaban J connectivity index is 2.07. The molecule has 2 aromatic rings. The van der Waals surface area contributed by atoms with E-state index in [1.54, 1.807) is 0 Å². The van der Waals surface area contributed by atoms with Gasteiger partial charge in [-0.25, -0.2) is 0 Å². The zero-order valence-corrected chi connectivity index (χ0v) is 12.2. The minimum atomic E-state index is 0.524. The van der Waals surface area contributed by atoms with Gasteiger partial charge in [-0.2, -0.15) is 0 Å². The van der Waals surface area contributed by atoms with Crippen LogP contribution in [0.15, 0.2) is 42.5 Å². The van der Waals surface area contributed by atoms with E-state index in [-0.39, 0.29) is 0 Å². The van der Waals surface area contributed by atoms with E-state index in [0.29, 0.717) is 5.92 Å². The van der Waals surface area contributed by atoms with Crippen LogP contribution < -0.4 is 0 Å². The van der Waals surface area contributed by atoms with Gasteiger partial charge in [0.15, 0.2) is 0 Å². The van der Waals surface area contributed by atoms with Crippen molar-refractivity contribution >= 4 is 11.6 Å². The molecule has 0 aromatic heterocycles. The van der Waals surface area contributed by atoms with E-state index in [9.17, 15) is 0 Å². The van der Waals surface area contributed by atoms with Gasteiger partial charge in [-0.3, -0.25) is 0 Å². The Labute approximate surface area is 120 Å². The molecule has 2 aromatic carbocycles. The smallest absolute Gasteiger partial charge is 0.0435 e. The number of aryl methyl sites for hydroxylation is 1. The van der Waals surface area contributed by atoms with Crippen molar-refractivity contribution in [1.29, 1.82) is 0 Å². The van der Waals surface area contributed by atoms with Crippen molar-refractivity contribution in [2.45, 2.75) is 32.6 Å². The maximum absolute atomic E-state index is 6.15. The molecule has 1 heteroatoms. The molecular weight excluding hydrogens is 252 g/mol. The van der Waals surface area contributed by atoms with Crippen LogP contribution in [0.25, 0.3) is 0 Å². The van der Waals surface area contributed by atoms with E-state index >= 15 is 0 Å². The van der Waals surface area contributed by atoms with Gasteiger partial charge in [-0.1, -0.05) is 54.9 Å². The summed E-state index contributed by atoms with van der Waals surface area (Å²) in [5.74, 6) is 1.27. The van der Waals surface area contributed by atoms with Crippen LogP contribution in [-0.4, -0.2) is 0 Å². The standard InChI is InChI=1S/C18H19Cl/c1-12-9-14-5-3-4-6-16(14)17(10-12)15-7-8-18(19)13(2)11-15/h3-8,11-12,17H,9-10H2,1-2H3. The monoisotopic (exact) mass is 270 g/mol. The SMILES string of the molecule is Cc1cc(C2CC(C)Cc3ccccc32)ccc1Cl. The molecule has 0 radical (unpaired) electrons. The van der Waals surface area contributed by atoms with Crippen molar-refractivity contribution in [2.75, 3.05) is 0 Å². The summed E-state index contributed by atoms with van der Waals surface area (Å²) in [6.07, 6.45) is 2.44. The molecule has 2 atom stereocenters. The van der Waals surface area contributed by atoms with Crippen molar-refractivity contribution in [2.24, 2.45) is 5.92 Å². The average molecular weight is 271 g/mol. The highest BCUT2D eigenvalue weighted by Gasteiger charge is 2.25. The lowest BCUT2D eigenvalue weighted by Gasteiger charge is -2.30. The highest BCUT2D eigenvalue weighted by atomic mass is 35.5. The van der Waals surface area contributed by atoms with Gasteiger partial charge in [0.05, 0.1) is 0 Å². The topological polar surface area (TPSA) is 0 Å². The predicted molar refractivity (Wildman–Crippen MR) is 82.0 cm³/mol. The van der Waals surface area contributed by atoms with Gasteiger partial charge in [0.2, 0.25) is 0 Å². The fourth-order valence-corrected chi connectivity index (χ4v) is 3.37. The minimum absolute atomic E-state index is 0.524. The summed E-state index contributed by atoms with van der Waals surface area (Å²) in [5.41, 5.74) is 5.59. The lowest BCUT2D eigenvalue weighted by atomic mass is 9.74. The van der Waals surface area contributed by atoms with Gasteiger partial charge in [0.1, 0.15) is 0 Å². The first-order valence-electron chi connectivity index (χ1n) is 6.99. The molecule has 19 heavy (non-hydrogen) atoms. The van der Waals surface area contributed by atoms with Crippen molar-refractivity contribution in [3.05, 3.63) is 69.7 Å². The zero-order valence-electron chi connectivity index (χ0n) is 11.5. The number of hydrogen-bond donors (Lipinski definition) is 0. The lowest BCUT2D eigenvalue weighted by Crippen LogP contribution is -2.17. The molecule has 0 spiro atoms. The summed E-state index contributed by atoms with van der Waals surface area (Å²) < 4.78 is 0. The molecule has 1 aliphatic rings. The van der Waals surface area contributed by atoms with Crippen LogP contribution in [0.5, 0.6) is 0 Å². The fraction of sp³-hybridized carbons (Fsp3) is 0.333. The second-order valence-corrected chi connectivity index (χ2v) is 6.21. The van der Waals surface area contributed by atoms with Crippen LogP contribution in [-0.2, 0) is 6.42 Å². The summed E-state index contributed by atoms with van der Waals surface area (Å²) in [7, 11) is 0. The Bertz CT molecular complexity index is 600. The van der Waals surface area contributed by atoms with E-state index in [1.807, 2.05) is 6.07 Å². The summed E-state index contributed by atoms with van der Waals surface area (Å²) in [4.78, 5) is 0. The summed E-state index contributed by atoms with van der Waals surface area (Å²) >= 11 is 6.15. The van der Waals surface area contributed by atoms with Crippen molar-refractivity contribution in [3.8, 4) is 0 Å². The molecule has 2 unspecified atom stereocenters. The lowest BCUT2D eigenvalue weighted by molar-refractivity contribution is 0.464. The molecule has 0 heterocycles. The molecule has 0 nitrogen and oxygen atoms in total. The molecule has 0 amide bonds. The molecular formula is C18H19Cl. The molecule has 0 fully saturated rings. The van der Waals surface area contributed by atoms with Crippen LogP contribution >= 0.6 is 11.6 Å². The molecule has 3 rings (SSSR count). The molecule has 0 bridgehead atoms. The molecule has 98 valence electrons. The summed E-state index contributed by atoms with van der Waals surface area (Å²) in [5, 5.41) is 0.862. The number of hydrogen-bond acceptors (Lipinski definition) is 0. The Morgan fingerprint density at radius 2 is 1.89 bits per heavy atom. The van der Waals surface area contributed by atoms with Crippen molar-refractivity contribution in [1.82, 2.24) is 0 Å². The Kier molecular flexibility index (Phi) is 3.36. The minimum Gasteiger partial charge on any atom is -0.0841 e. The number of rotatable bonds is 1. The number of fused-ring (bicyclic) bond motifs is 1. The molecule has 1 aliphatic carbocycles. The third-order valence-corrected chi connectivity index (χ3v) is 4.65. The third kappa shape index (κ3) is 2.42. The van der Waals surface area contributed by atoms with Crippen LogP contribution in [0.1, 0.15) is 41.5 Å². The zero-order chi connectivity index (χ0) is 13.4. The maximum Gasteiger partial charge on any atom is 0.0435 e. The fourth-order valence-electron chi connectivity index (χ4n) is 3.25. The average Bonchev–Trinajstić information content (AvgIpc) is 2.41. The third-order valence-electron chi connectivity index (χ3n) is 4.22. The summed E-state index contributed by atoms with van der Waals surface area (Å²) in [6, 6.07) is 15.4. The quantitative estimate of drug-likeness (QED) is 0.654. The maximum atomic E-state index is 6.15. The van der Waals surface area contributed by atoms with E-state index < -0.39 is 0 Å². The van der Waals surface area contributed by atoms with Crippen LogP contribution in [0.4, 0.5) is 0 Å². The first kappa shape index (κ1) is 12.7. The van der Waals surface area contributed by atoms with E-state index in [0.717, 1.165) is 10.9 Å². The number of halogens is 1. The number of benzene rings is 2. The van der Waals surface area contributed by atoms with Crippen LogP contribution in [0, 0.1) is 12.8 Å². The first-order valence-corrected chi connectivity index (χ1v) is 7.37. The highest BCUT2D eigenvalue weighted by Crippen LogP contribution is 2.39. The largest absolute Gasteiger partial charge is 0.0841 e. The summed E-state index contributed by atoms with van der Waals surface area (Å²) in [6.45, 7) is 4.44. The predicted octanol–water partition coefficient (Wildman–Crippen LogP) is 5.36. The van der Waals surface area contributed by atoms with Gasteiger partial charge in [0.25, 0.3) is 0 Å². The Morgan fingerprint density at radius 3 is 2.68 bits per heavy atom. The van der Waals surface area contributed by atoms with Gasteiger partial charge >= 0.3 is 0 Å². The van der Waals surface area contributed by atoms with E-state index in [4.69, 9.17) is 11.6 Å². The Hall–Kier alpha value is -1.27. The van der Waals surface area contributed by atoms with Gasteiger partial charge in [-0.05, 0) is 54.0 Å². The molecule has 0 aliphatic heterocycles. The Morgan fingerprint density at radius 1 is 1.11 bits per heavy atom. The highest BCUT2D eigenvalue weighted by molar-refractivity contribution is 6.31. The first-order chi connectivity index (χ1) is 9.15. The van der Waals surface area contributed by atoms with Crippen LogP contribution in [0.2, 0.25) is 5.02 Å². The second kappa shape index (κ2) is 5.02. The van der Waals surface area contributed by atoms with Crippen molar-refractivity contribution in [3.63, 3.8) is 0 Å². The normalized spacial score (nSPS) is 22.1. The van der Waals surface area contributed by atoms with Crippen molar-refractivity contribution < 1.29 is 0 Å². The van der Waals surface area contributed by atoms with Gasteiger partial charge in [-0.15, -0.1) is 0 Å². The molecule has 0 saturated carbocycles. The van der Waals surface area contributed by atoms with Crippen LogP contribution in [0.3, 0.4) is 0 Å².